The maximum Gasteiger partial charge on any atom is 0.0957 e. The predicted molar refractivity (Wildman–Crippen MR) is 74.7 cm³/mol. The number of hydrogen-bond acceptors (Lipinski definition) is 3. The molecule has 0 aliphatic rings. The molecule has 1 atom stereocenters. The van der Waals surface area contributed by atoms with Crippen LogP contribution in [-0.2, 0) is 6.42 Å². The standard InChI is InChI=1S/C12H11BrClNOS/c1-7-6-17-12(15-7)5-11(16)8-2-3-10(14)9(13)4-8/h2-4,6,11,16H,5H2,1H3. The Balaban J connectivity index is 2.14. The lowest BCUT2D eigenvalue weighted by atomic mass is 10.1. The van der Waals surface area contributed by atoms with Crippen LogP contribution in [0.2, 0.25) is 5.02 Å². The van der Waals surface area contributed by atoms with Gasteiger partial charge in [-0.1, -0.05) is 17.7 Å². The van der Waals surface area contributed by atoms with Crippen LogP contribution in [0.3, 0.4) is 0 Å². The molecule has 2 nitrogen and oxygen atoms in total. The summed E-state index contributed by atoms with van der Waals surface area (Å²) in [5, 5.41) is 13.7. The van der Waals surface area contributed by atoms with Crippen molar-refractivity contribution in [3.63, 3.8) is 0 Å². The van der Waals surface area contributed by atoms with Crippen molar-refractivity contribution in [1.82, 2.24) is 4.98 Å². The van der Waals surface area contributed by atoms with Gasteiger partial charge >= 0.3 is 0 Å². The Hall–Kier alpha value is -0.420. The normalized spacial score (nSPS) is 12.7. The van der Waals surface area contributed by atoms with Crippen molar-refractivity contribution in [3.8, 4) is 0 Å². The SMILES string of the molecule is Cc1csc(CC(O)c2ccc(Cl)c(Br)c2)n1. The lowest BCUT2D eigenvalue weighted by Gasteiger charge is -2.10. The van der Waals surface area contributed by atoms with Crippen LogP contribution in [0.4, 0.5) is 0 Å². The molecule has 2 aromatic rings. The number of halogens is 2. The quantitative estimate of drug-likeness (QED) is 0.916. The maximum atomic E-state index is 10.1. The fourth-order valence-electron chi connectivity index (χ4n) is 1.50. The number of rotatable bonds is 3. The summed E-state index contributed by atoms with van der Waals surface area (Å²) >= 11 is 10.8. The van der Waals surface area contributed by atoms with Crippen LogP contribution in [0.25, 0.3) is 0 Å². The first-order valence-corrected chi connectivity index (χ1v) is 7.15. The third kappa shape index (κ3) is 3.28. The molecule has 17 heavy (non-hydrogen) atoms. The van der Waals surface area contributed by atoms with E-state index in [9.17, 15) is 5.11 Å². The van der Waals surface area contributed by atoms with Crippen molar-refractivity contribution in [2.75, 3.05) is 0 Å². The van der Waals surface area contributed by atoms with E-state index in [1.54, 1.807) is 17.4 Å². The minimum Gasteiger partial charge on any atom is -0.388 e. The number of hydrogen-bond donors (Lipinski definition) is 1. The molecule has 1 aromatic carbocycles. The average molecular weight is 333 g/mol. The number of thiazole rings is 1. The zero-order valence-corrected chi connectivity index (χ0v) is 12.3. The van der Waals surface area contributed by atoms with Gasteiger partial charge in [0.1, 0.15) is 0 Å². The van der Waals surface area contributed by atoms with Gasteiger partial charge in [0.15, 0.2) is 0 Å². The zero-order chi connectivity index (χ0) is 12.4. The fourth-order valence-corrected chi connectivity index (χ4v) is 2.82. The van der Waals surface area contributed by atoms with Gasteiger partial charge in [0, 0.05) is 22.0 Å². The number of nitrogens with zero attached hydrogens (tertiary/aromatic N) is 1. The van der Waals surface area contributed by atoms with Gasteiger partial charge in [0.05, 0.1) is 16.1 Å². The molecule has 1 aromatic heterocycles. The van der Waals surface area contributed by atoms with Crippen molar-refractivity contribution < 1.29 is 5.11 Å². The molecule has 0 bridgehead atoms. The van der Waals surface area contributed by atoms with Crippen molar-refractivity contribution in [3.05, 3.63) is 49.3 Å². The van der Waals surface area contributed by atoms with Crippen molar-refractivity contribution in [2.24, 2.45) is 0 Å². The minimum absolute atomic E-state index is 0.534. The van der Waals surface area contributed by atoms with Crippen molar-refractivity contribution >= 4 is 38.9 Å². The Morgan fingerprint density at radius 2 is 2.29 bits per heavy atom. The molecular formula is C12H11BrClNOS. The molecule has 90 valence electrons. The second kappa shape index (κ2) is 5.48. The van der Waals surface area contributed by atoms with E-state index >= 15 is 0 Å². The summed E-state index contributed by atoms with van der Waals surface area (Å²) < 4.78 is 0.797. The van der Waals surface area contributed by atoms with Crippen LogP contribution in [0.5, 0.6) is 0 Å². The van der Waals surface area contributed by atoms with Crippen LogP contribution in [0.1, 0.15) is 22.4 Å². The average Bonchev–Trinajstić information content (AvgIpc) is 2.68. The van der Waals surface area contributed by atoms with Crippen LogP contribution in [0, 0.1) is 6.92 Å². The van der Waals surface area contributed by atoms with Crippen LogP contribution >= 0.6 is 38.9 Å². The Labute approximate surface area is 117 Å². The number of aryl methyl sites for hydroxylation is 1. The van der Waals surface area contributed by atoms with Gasteiger partial charge in [-0.2, -0.15) is 0 Å². The molecule has 0 saturated heterocycles. The lowest BCUT2D eigenvalue weighted by molar-refractivity contribution is 0.178. The highest BCUT2D eigenvalue weighted by molar-refractivity contribution is 9.10. The third-order valence-corrected chi connectivity index (χ3v) is 4.57. The number of aliphatic hydroxyl groups excluding tert-OH is 1. The maximum absolute atomic E-state index is 10.1. The number of aromatic nitrogens is 1. The Bertz CT molecular complexity index is 529. The molecule has 0 saturated carbocycles. The van der Waals surface area contributed by atoms with Crippen molar-refractivity contribution in [2.45, 2.75) is 19.4 Å². The summed E-state index contributed by atoms with van der Waals surface area (Å²) in [4.78, 5) is 4.34. The highest BCUT2D eigenvalue weighted by atomic mass is 79.9. The molecule has 0 aliphatic carbocycles. The summed E-state index contributed by atoms with van der Waals surface area (Å²) in [6.07, 6.45) is -0.0128. The Morgan fingerprint density at radius 1 is 1.53 bits per heavy atom. The van der Waals surface area contributed by atoms with E-state index in [-0.39, 0.29) is 0 Å². The van der Waals surface area contributed by atoms with Gasteiger partial charge in [-0.15, -0.1) is 11.3 Å². The molecule has 1 unspecified atom stereocenters. The molecular weight excluding hydrogens is 322 g/mol. The molecule has 0 amide bonds. The first-order valence-electron chi connectivity index (χ1n) is 5.10. The van der Waals surface area contributed by atoms with Crippen LogP contribution in [0.15, 0.2) is 28.1 Å². The van der Waals surface area contributed by atoms with Gasteiger partial charge in [0.2, 0.25) is 0 Å². The first-order chi connectivity index (χ1) is 8.06. The van der Waals surface area contributed by atoms with E-state index in [1.807, 2.05) is 24.4 Å². The van der Waals surface area contributed by atoms with E-state index < -0.39 is 6.10 Å². The van der Waals surface area contributed by atoms with E-state index in [0.717, 1.165) is 20.7 Å². The summed E-state index contributed by atoms with van der Waals surface area (Å²) in [6, 6.07) is 5.45. The van der Waals surface area contributed by atoms with Crippen LogP contribution < -0.4 is 0 Å². The molecule has 1 heterocycles. The largest absolute Gasteiger partial charge is 0.388 e. The smallest absolute Gasteiger partial charge is 0.0957 e. The topological polar surface area (TPSA) is 33.1 Å². The second-order valence-electron chi connectivity index (χ2n) is 3.78. The number of aliphatic hydroxyl groups is 1. The van der Waals surface area contributed by atoms with Gasteiger partial charge < -0.3 is 5.11 Å². The molecule has 0 aliphatic heterocycles. The third-order valence-electron chi connectivity index (χ3n) is 2.36. The highest BCUT2D eigenvalue weighted by Gasteiger charge is 2.12. The molecule has 1 N–H and O–H groups in total. The van der Waals surface area contributed by atoms with Crippen molar-refractivity contribution in [1.29, 1.82) is 0 Å². The predicted octanol–water partition coefficient (Wildman–Crippen LogP) is 4.14. The Morgan fingerprint density at radius 3 is 2.88 bits per heavy atom. The van der Waals surface area contributed by atoms with Gasteiger partial charge in [-0.05, 0) is 40.5 Å². The first kappa shape index (κ1) is 13.0. The van der Waals surface area contributed by atoms with Crippen LogP contribution in [-0.4, -0.2) is 10.1 Å². The summed E-state index contributed by atoms with van der Waals surface area (Å²) in [7, 11) is 0. The minimum atomic E-state index is -0.547. The van der Waals surface area contributed by atoms with E-state index in [0.29, 0.717) is 11.4 Å². The molecule has 0 spiro atoms. The summed E-state index contributed by atoms with van der Waals surface area (Å²) in [6.45, 7) is 1.95. The molecule has 0 fully saturated rings. The van der Waals surface area contributed by atoms with E-state index in [4.69, 9.17) is 11.6 Å². The highest BCUT2D eigenvalue weighted by Crippen LogP contribution is 2.28. The van der Waals surface area contributed by atoms with Gasteiger partial charge in [0.25, 0.3) is 0 Å². The number of benzene rings is 1. The fraction of sp³-hybridized carbons (Fsp3) is 0.250. The van der Waals surface area contributed by atoms with E-state index in [2.05, 4.69) is 20.9 Å². The summed E-state index contributed by atoms with van der Waals surface area (Å²) in [5.74, 6) is 0. The lowest BCUT2D eigenvalue weighted by Crippen LogP contribution is -2.01. The molecule has 2 rings (SSSR count). The molecule has 5 heteroatoms. The Kier molecular flexibility index (Phi) is 4.20. The zero-order valence-electron chi connectivity index (χ0n) is 9.15. The van der Waals surface area contributed by atoms with Gasteiger partial charge in [-0.25, -0.2) is 4.98 Å². The van der Waals surface area contributed by atoms with E-state index in [1.165, 1.54) is 0 Å². The monoisotopic (exact) mass is 331 g/mol. The van der Waals surface area contributed by atoms with Gasteiger partial charge in [-0.3, -0.25) is 0 Å². The molecule has 0 radical (unpaired) electrons. The second-order valence-corrected chi connectivity index (χ2v) is 5.98. The summed E-state index contributed by atoms with van der Waals surface area (Å²) in [5.41, 5.74) is 1.84.